The van der Waals surface area contributed by atoms with Crippen molar-refractivity contribution >= 4 is 11.8 Å². The van der Waals surface area contributed by atoms with Gasteiger partial charge in [-0.1, -0.05) is 24.3 Å². The second-order valence-electron chi connectivity index (χ2n) is 6.48. The Hall–Kier alpha value is -3.02. The maximum atomic E-state index is 12.5. The molecule has 1 fully saturated rings. The molecule has 1 heterocycles. The zero-order valence-electron chi connectivity index (χ0n) is 15.7. The Kier molecular flexibility index (Phi) is 5.96. The van der Waals surface area contributed by atoms with Crippen LogP contribution < -0.4 is 9.47 Å². The molecule has 0 atom stereocenters. The summed E-state index contributed by atoms with van der Waals surface area (Å²) in [7, 11) is 1.58. The second kappa shape index (κ2) is 8.58. The minimum atomic E-state index is -0.0931. The molecule has 0 spiro atoms. The fourth-order valence-electron chi connectivity index (χ4n) is 3.05. The molecule has 1 aliphatic heterocycles. The van der Waals surface area contributed by atoms with Crippen LogP contribution in [0.3, 0.4) is 0 Å². The van der Waals surface area contributed by atoms with Gasteiger partial charge in [-0.15, -0.1) is 0 Å². The Morgan fingerprint density at radius 3 is 2.26 bits per heavy atom. The number of aryl methyl sites for hydroxylation is 1. The van der Waals surface area contributed by atoms with E-state index < -0.39 is 0 Å². The smallest absolute Gasteiger partial charge is 0.260 e. The second-order valence-corrected chi connectivity index (χ2v) is 6.48. The molecule has 0 unspecified atom stereocenters. The summed E-state index contributed by atoms with van der Waals surface area (Å²) in [6.07, 6.45) is 0. The van der Waals surface area contributed by atoms with Crippen molar-refractivity contribution in [1.82, 2.24) is 9.80 Å². The summed E-state index contributed by atoms with van der Waals surface area (Å²) in [6, 6.07) is 14.8. The van der Waals surface area contributed by atoms with Crippen LogP contribution in [0.4, 0.5) is 0 Å². The van der Waals surface area contributed by atoms with Crippen molar-refractivity contribution in [2.45, 2.75) is 6.92 Å². The van der Waals surface area contributed by atoms with Crippen LogP contribution in [-0.4, -0.2) is 61.5 Å². The van der Waals surface area contributed by atoms with E-state index in [9.17, 15) is 9.59 Å². The number of ether oxygens (including phenoxy) is 2. The van der Waals surface area contributed by atoms with E-state index in [1.807, 2.05) is 49.4 Å². The van der Waals surface area contributed by atoms with E-state index in [2.05, 4.69) is 0 Å². The van der Waals surface area contributed by atoms with Gasteiger partial charge in [0, 0.05) is 31.7 Å². The summed E-state index contributed by atoms with van der Waals surface area (Å²) in [5.41, 5.74) is 1.73. The van der Waals surface area contributed by atoms with E-state index in [0.717, 1.165) is 5.56 Å². The van der Waals surface area contributed by atoms with Gasteiger partial charge in [-0.05, 0) is 36.8 Å². The van der Waals surface area contributed by atoms with Crippen molar-refractivity contribution in [1.29, 1.82) is 0 Å². The fourth-order valence-corrected chi connectivity index (χ4v) is 3.05. The zero-order chi connectivity index (χ0) is 19.2. The summed E-state index contributed by atoms with van der Waals surface area (Å²) in [5, 5.41) is 0. The largest absolute Gasteiger partial charge is 0.493 e. The first kappa shape index (κ1) is 18.8. The summed E-state index contributed by atoms with van der Waals surface area (Å²) >= 11 is 0. The molecule has 27 heavy (non-hydrogen) atoms. The molecule has 0 aliphatic carbocycles. The Balaban J connectivity index is 1.51. The van der Waals surface area contributed by atoms with Crippen molar-refractivity contribution in [3.05, 3.63) is 59.7 Å². The van der Waals surface area contributed by atoms with Crippen LogP contribution in [0.25, 0.3) is 0 Å². The Bertz CT molecular complexity index is 799. The SMILES string of the molecule is COc1cc(C)ccc1OCC(=O)N1CCN(C(=O)c2ccccc2)CC1. The number of rotatable bonds is 5. The first-order valence-corrected chi connectivity index (χ1v) is 8.98. The van der Waals surface area contributed by atoms with Gasteiger partial charge in [-0.25, -0.2) is 0 Å². The predicted molar refractivity (Wildman–Crippen MR) is 102 cm³/mol. The molecule has 3 rings (SSSR count). The Labute approximate surface area is 159 Å². The van der Waals surface area contributed by atoms with Crippen LogP contribution in [-0.2, 0) is 4.79 Å². The summed E-state index contributed by atoms with van der Waals surface area (Å²) in [4.78, 5) is 28.4. The molecule has 142 valence electrons. The molecule has 0 N–H and O–H groups in total. The van der Waals surface area contributed by atoms with E-state index in [0.29, 0.717) is 43.2 Å². The maximum absolute atomic E-state index is 12.5. The molecule has 0 aromatic heterocycles. The maximum Gasteiger partial charge on any atom is 0.260 e. The van der Waals surface area contributed by atoms with Crippen LogP contribution in [0.5, 0.6) is 11.5 Å². The van der Waals surface area contributed by atoms with Crippen LogP contribution in [0.2, 0.25) is 0 Å². The number of hydrogen-bond acceptors (Lipinski definition) is 4. The number of methoxy groups -OCH3 is 1. The molecular formula is C21H24N2O4. The normalized spacial score (nSPS) is 14.0. The fraction of sp³-hybridized carbons (Fsp3) is 0.333. The third kappa shape index (κ3) is 4.58. The lowest BCUT2D eigenvalue weighted by molar-refractivity contribution is -0.134. The molecule has 6 heteroatoms. The molecule has 2 aromatic carbocycles. The first-order valence-electron chi connectivity index (χ1n) is 8.98. The molecule has 0 bridgehead atoms. The lowest BCUT2D eigenvalue weighted by atomic mass is 10.2. The van der Waals surface area contributed by atoms with Gasteiger partial charge in [-0.2, -0.15) is 0 Å². The standard InChI is InChI=1S/C21H24N2O4/c1-16-8-9-18(19(14-16)26-2)27-15-20(24)22-10-12-23(13-11-22)21(25)17-6-4-3-5-7-17/h3-9,14H,10-13,15H2,1-2H3. The third-order valence-corrected chi connectivity index (χ3v) is 4.61. The lowest BCUT2D eigenvalue weighted by Crippen LogP contribution is -2.51. The van der Waals surface area contributed by atoms with E-state index in [1.54, 1.807) is 23.0 Å². The van der Waals surface area contributed by atoms with Gasteiger partial charge in [0.15, 0.2) is 18.1 Å². The highest BCUT2D eigenvalue weighted by Gasteiger charge is 2.25. The molecule has 6 nitrogen and oxygen atoms in total. The van der Waals surface area contributed by atoms with Crippen molar-refractivity contribution in [2.75, 3.05) is 39.9 Å². The number of piperazine rings is 1. The van der Waals surface area contributed by atoms with Gasteiger partial charge in [0.1, 0.15) is 0 Å². The zero-order valence-corrected chi connectivity index (χ0v) is 15.7. The van der Waals surface area contributed by atoms with E-state index in [1.165, 1.54) is 0 Å². The van der Waals surface area contributed by atoms with Crippen LogP contribution >= 0.6 is 0 Å². The van der Waals surface area contributed by atoms with Gasteiger partial charge in [0.2, 0.25) is 0 Å². The Morgan fingerprint density at radius 2 is 1.59 bits per heavy atom. The van der Waals surface area contributed by atoms with Crippen molar-refractivity contribution in [3.63, 3.8) is 0 Å². The van der Waals surface area contributed by atoms with E-state index >= 15 is 0 Å². The van der Waals surface area contributed by atoms with E-state index in [-0.39, 0.29) is 18.4 Å². The highest BCUT2D eigenvalue weighted by Crippen LogP contribution is 2.27. The summed E-state index contributed by atoms with van der Waals surface area (Å²) in [6.45, 7) is 3.97. The van der Waals surface area contributed by atoms with Crippen molar-refractivity contribution in [3.8, 4) is 11.5 Å². The van der Waals surface area contributed by atoms with Gasteiger partial charge in [0.25, 0.3) is 11.8 Å². The lowest BCUT2D eigenvalue weighted by Gasteiger charge is -2.34. The molecule has 2 amide bonds. The molecule has 2 aromatic rings. The van der Waals surface area contributed by atoms with Gasteiger partial charge >= 0.3 is 0 Å². The highest BCUT2D eigenvalue weighted by molar-refractivity contribution is 5.94. The van der Waals surface area contributed by atoms with Crippen molar-refractivity contribution in [2.24, 2.45) is 0 Å². The monoisotopic (exact) mass is 368 g/mol. The van der Waals surface area contributed by atoms with Gasteiger partial charge in [-0.3, -0.25) is 9.59 Å². The van der Waals surface area contributed by atoms with Gasteiger partial charge < -0.3 is 19.3 Å². The minimum absolute atomic E-state index is 0.00309. The number of carbonyl (C=O) groups excluding carboxylic acids is 2. The minimum Gasteiger partial charge on any atom is -0.493 e. The number of amides is 2. The van der Waals surface area contributed by atoms with E-state index in [4.69, 9.17) is 9.47 Å². The summed E-state index contributed by atoms with van der Waals surface area (Å²) < 4.78 is 10.9. The molecule has 0 radical (unpaired) electrons. The third-order valence-electron chi connectivity index (χ3n) is 4.61. The molecule has 1 saturated heterocycles. The number of benzene rings is 2. The van der Waals surface area contributed by atoms with Crippen LogP contribution in [0, 0.1) is 6.92 Å². The first-order chi connectivity index (χ1) is 13.1. The molecule has 0 saturated carbocycles. The van der Waals surface area contributed by atoms with Gasteiger partial charge in [0.05, 0.1) is 7.11 Å². The van der Waals surface area contributed by atoms with Crippen molar-refractivity contribution < 1.29 is 19.1 Å². The average Bonchev–Trinajstić information content (AvgIpc) is 2.72. The molecular weight excluding hydrogens is 344 g/mol. The predicted octanol–water partition coefficient (Wildman–Crippen LogP) is 2.37. The average molecular weight is 368 g/mol. The summed E-state index contributed by atoms with van der Waals surface area (Å²) in [5.74, 6) is 1.07. The number of hydrogen-bond donors (Lipinski definition) is 0. The number of carbonyl (C=O) groups is 2. The molecule has 1 aliphatic rings. The topological polar surface area (TPSA) is 59.1 Å². The number of nitrogens with zero attached hydrogens (tertiary/aromatic N) is 2. The Morgan fingerprint density at radius 1 is 0.926 bits per heavy atom. The van der Waals surface area contributed by atoms with Crippen LogP contribution in [0.15, 0.2) is 48.5 Å². The highest BCUT2D eigenvalue weighted by atomic mass is 16.5. The quantitative estimate of drug-likeness (QED) is 0.813. The van der Waals surface area contributed by atoms with Crippen LogP contribution in [0.1, 0.15) is 15.9 Å².